The van der Waals surface area contributed by atoms with Gasteiger partial charge in [-0.1, -0.05) is 4.85 Å². The number of aromatic nitrogens is 4. The van der Waals surface area contributed by atoms with E-state index >= 15 is 0 Å². The van der Waals surface area contributed by atoms with E-state index in [1.165, 1.54) is 0 Å². The summed E-state index contributed by atoms with van der Waals surface area (Å²) in [5, 5.41) is 30.3. The maximum Gasteiger partial charge on any atom is 0.263 e. The highest BCUT2D eigenvalue weighted by Gasteiger charge is 2.14. The largest absolute Gasteiger partial charge is 0.493 e. The number of fused-ring (bicyclic) bond motifs is 1. The number of rotatable bonds is 0. The fourth-order valence-electron chi connectivity index (χ4n) is 0.880. The summed E-state index contributed by atoms with van der Waals surface area (Å²) in [7, 11) is 0. The van der Waals surface area contributed by atoms with Crippen molar-refractivity contribution >= 4 is 11.0 Å². The van der Waals surface area contributed by atoms with Gasteiger partial charge in [-0.3, -0.25) is 0 Å². The monoisotopic (exact) mass is 168 g/mol. The molecule has 0 saturated heterocycles. The maximum atomic E-state index is 9.09. The standard InChI is InChI=1S/C5H4N4O3/c10-4-2-3(6-1-7-4)8-9(12)5(2)11/h1,11-12H,(H,6,7,8,10). The molecule has 12 heavy (non-hydrogen) atoms. The van der Waals surface area contributed by atoms with E-state index in [2.05, 4.69) is 15.1 Å². The van der Waals surface area contributed by atoms with Crippen LogP contribution in [0.25, 0.3) is 11.0 Å². The zero-order valence-corrected chi connectivity index (χ0v) is 5.71. The number of hydrogen-bond donors (Lipinski definition) is 3. The summed E-state index contributed by atoms with van der Waals surface area (Å²) in [5.74, 6) is -0.999. The summed E-state index contributed by atoms with van der Waals surface area (Å²) in [6.45, 7) is 0. The van der Waals surface area contributed by atoms with Gasteiger partial charge in [-0.05, 0) is 0 Å². The second kappa shape index (κ2) is 1.97. The van der Waals surface area contributed by atoms with Crippen molar-refractivity contribution in [2.45, 2.75) is 0 Å². The normalized spacial score (nSPS) is 10.7. The maximum absolute atomic E-state index is 9.09. The molecular weight excluding hydrogens is 164 g/mol. The van der Waals surface area contributed by atoms with Crippen LogP contribution in [0, 0.1) is 0 Å². The first kappa shape index (κ1) is 6.65. The predicted molar refractivity (Wildman–Crippen MR) is 35.8 cm³/mol. The van der Waals surface area contributed by atoms with E-state index in [1.54, 1.807) is 0 Å². The Labute approximate surface area is 65.5 Å². The quantitative estimate of drug-likeness (QED) is 0.457. The third-order valence-corrected chi connectivity index (χ3v) is 1.41. The van der Waals surface area contributed by atoms with E-state index in [1.807, 2.05) is 0 Å². The SMILES string of the molecule is Oc1ncnc2nn(O)c(O)c12. The molecule has 0 atom stereocenters. The van der Waals surface area contributed by atoms with Gasteiger partial charge in [-0.25, -0.2) is 9.97 Å². The molecule has 7 nitrogen and oxygen atoms in total. The molecule has 0 spiro atoms. The first-order valence-corrected chi connectivity index (χ1v) is 3.01. The zero-order chi connectivity index (χ0) is 8.72. The van der Waals surface area contributed by atoms with Crippen molar-refractivity contribution in [2.75, 3.05) is 0 Å². The summed E-state index contributed by atoms with van der Waals surface area (Å²) >= 11 is 0. The minimum atomic E-state index is -0.580. The average molecular weight is 168 g/mol. The van der Waals surface area contributed by atoms with Crippen molar-refractivity contribution < 1.29 is 15.4 Å². The van der Waals surface area contributed by atoms with Crippen molar-refractivity contribution in [1.82, 2.24) is 19.9 Å². The lowest BCUT2D eigenvalue weighted by Crippen LogP contribution is -1.89. The summed E-state index contributed by atoms with van der Waals surface area (Å²) in [5.41, 5.74) is 0.0301. The zero-order valence-electron chi connectivity index (χ0n) is 5.71. The lowest BCUT2D eigenvalue weighted by atomic mass is 10.4. The Morgan fingerprint density at radius 1 is 1.25 bits per heavy atom. The summed E-state index contributed by atoms with van der Waals surface area (Å²) in [6.07, 6.45) is 1.07. The molecule has 3 N–H and O–H groups in total. The van der Waals surface area contributed by atoms with Crippen LogP contribution in [0.1, 0.15) is 0 Å². The Bertz CT molecular complexity index is 437. The Morgan fingerprint density at radius 3 is 2.67 bits per heavy atom. The van der Waals surface area contributed by atoms with Crippen molar-refractivity contribution in [3.05, 3.63) is 6.33 Å². The molecule has 0 amide bonds. The van der Waals surface area contributed by atoms with E-state index in [4.69, 9.17) is 15.4 Å². The van der Waals surface area contributed by atoms with E-state index in [9.17, 15) is 0 Å². The van der Waals surface area contributed by atoms with Gasteiger partial charge in [-0.2, -0.15) is 0 Å². The van der Waals surface area contributed by atoms with Crippen molar-refractivity contribution in [3.8, 4) is 11.8 Å². The molecule has 62 valence electrons. The minimum absolute atomic E-state index is 0.0301. The molecule has 0 radical (unpaired) electrons. The molecule has 2 rings (SSSR count). The highest BCUT2D eigenvalue weighted by atomic mass is 16.5. The second-order valence-electron chi connectivity index (χ2n) is 2.11. The molecule has 0 aliphatic carbocycles. The van der Waals surface area contributed by atoms with Gasteiger partial charge < -0.3 is 15.4 Å². The third-order valence-electron chi connectivity index (χ3n) is 1.41. The molecule has 0 bridgehead atoms. The van der Waals surface area contributed by atoms with Gasteiger partial charge >= 0.3 is 0 Å². The highest BCUT2D eigenvalue weighted by Crippen LogP contribution is 2.27. The van der Waals surface area contributed by atoms with Crippen LogP contribution in [-0.2, 0) is 0 Å². The molecule has 2 heterocycles. The predicted octanol–water partition coefficient (Wildman–Crippen LogP) is -0.525. The van der Waals surface area contributed by atoms with Crippen LogP contribution in [0.15, 0.2) is 6.33 Å². The molecule has 0 unspecified atom stereocenters. The first-order valence-electron chi connectivity index (χ1n) is 3.01. The number of nitrogens with zero attached hydrogens (tertiary/aromatic N) is 4. The Morgan fingerprint density at radius 2 is 2.00 bits per heavy atom. The summed E-state index contributed by atoms with van der Waals surface area (Å²) in [4.78, 5) is 7.22. The fraction of sp³-hybridized carbons (Fsp3) is 0. The van der Waals surface area contributed by atoms with Crippen LogP contribution in [0.2, 0.25) is 0 Å². The molecule has 0 aromatic carbocycles. The average Bonchev–Trinajstić information content (AvgIpc) is 2.29. The van der Waals surface area contributed by atoms with E-state index < -0.39 is 11.8 Å². The lowest BCUT2D eigenvalue weighted by Gasteiger charge is -1.90. The summed E-state index contributed by atoms with van der Waals surface area (Å²) in [6, 6.07) is 0. The van der Waals surface area contributed by atoms with Crippen molar-refractivity contribution in [2.24, 2.45) is 0 Å². The topological polar surface area (TPSA) is 104 Å². The summed E-state index contributed by atoms with van der Waals surface area (Å²) < 4.78 is 0. The smallest absolute Gasteiger partial charge is 0.263 e. The molecule has 2 aromatic rings. The fourth-order valence-corrected chi connectivity index (χ4v) is 0.880. The Kier molecular flexibility index (Phi) is 1.09. The van der Waals surface area contributed by atoms with E-state index in [0.29, 0.717) is 0 Å². The van der Waals surface area contributed by atoms with Crippen LogP contribution in [-0.4, -0.2) is 35.3 Å². The van der Waals surface area contributed by atoms with E-state index in [-0.39, 0.29) is 15.9 Å². The van der Waals surface area contributed by atoms with Gasteiger partial charge in [0.25, 0.3) is 5.88 Å². The molecule has 7 heteroatoms. The van der Waals surface area contributed by atoms with E-state index in [0.717, 1.165) is 6.33 Å². The van der Waals surface area contributed by atoms with Crippen LogP contribution >= 0.6 is 0 Å². The van der Waals surface area contributed by atoms with Crippen molar-refractivity contribution in [3.63, 3.8) is 0 Å². The van der Waals surface area contributed by atoms with Gasteiger partial charge in [-0.15, -0.1) is 5.10 Å². The molecular formula is C5H4N4O3. The van der Waals surface area contributed by atoms with Crippen LogP contribution in [0.4, 0.5) is 0 Å². The number of aromatic hydroxyl groups is 2. The van der Waals surface area contributed by atoms with Gasteiger partial charge in [0.2, 0.25) is 5.88 Å². The van der Waals surface area contributed by atoms with Gasteiger partial charge in [0.15, 0.2) is 5.65 Å². The van der Waals surface area contributed by atoms with Gasteiger partial charge in [0.1, 0.15) is 11.7 Å². The van der Waals surface area contributed by atoms with Gasteiger partial charge in [0, 0.05) is 0 Å². The van der Waals surface area contributed by atoms with Crippen LogP contribution < -0.4 is 0 Å². The molecule has 2 aromatic heterocycles. The number of hydrogen-bond acceptors (Lipinski definition) is 6. The second-order valence-corrected chi connectivity index (χ2v) is 2.11. The molecule has 0 saturated carbocycles. The van der Waals surface area contributed by atoms with Gasteiger partial charge in [0.05, 0.1) is 0 Å². The molecule has 0 fully saturated rings. The van der Waals surface area contributed by atoms with Crippen LogP contribution in [0.5, 0.6) is 11.8 Å². The minimum Gasteiger partial charge on any atom is -0.493 e. The highest BCUT2D eigenvalue weighted by molar-refractivity contribution is 5.84. The first-order chi connectivity index (χ1) is 5.70. The Balaban J connectivity index is 2.97. The van der Waals surface area contributed by atoms with Crippen molar-refractivity contribution in [1.29, 1.82) is 0 Å². The molecule has 0 aliphatic heterocycles. The van der Waals surface area contributed by atoms with Crippen LogP contribution in [0.3, 0.4) is 0 Å². The molecule has 0 aliphatic rings. The lowest BCUT2D eigenvalue weighted by molar-refractivity contribution is 0.123. The third kappa shape index (κ3) is 0.669. The Hall–Kier alpha value is -2.05.